The van der Waals surface area contributed by atoms with Crippen molar-refractivity contribution in [1.29, 1.82) is 0 Å². The Morgan fingerprint density at radius 2 is 1.90 bits per heavy atom. The highest BCUT2D eigenvalue weighted by molar-refractivity contribution is 7.14. The number of aromatic nitrogens is 2. The number of hydrogen-bond acceptors (Lipinski definition) is 5. The number of nitrogens with zero attached hydrogens (tertiary/aromatic N) is 1. The average Bonchev–Trinajstić information content (AvgIpc) is 3.10. The van der Waals surface area contributed by atoms with E-state index in [4.69, 9.17) is 0 Å². The van der Waals surface area contributed by atoms with Gasteiger partial charge >= 0.3 is 0 Å². The molecule has 1 aliphatic carbocycles. The van der Waals surface area contributed by atoms with E-state index in [0.29, 0.717) is 29.2 Å². The topological polar surface area (TPSA) is 91.9 Å². The van der Waals surface area contributed by atoms with Gasteiger partial charge in [-0.1, -0.05) is 26.0 Å². The first-order chi connectivity index (χ1) is 14.1. The van der Waals surface area contributed by atoms with E-state index in [2.05, 4.69) is 21.4 Å². The molecule has 0 aliphatic heterocycles. The molecule has 0 spiro atoms. The lowest BCUT2D eigenvalue weighted by molar-refractivity contribution is 0.0910. The molecule has 0 unspecified atom stereocenters. The highest BCUT2D eigenvalue weighted by Crippen LogP contribution is 2.33. The van der Waals surface area contributed by atoms with Gasteiger partial charge in [0.15, 0.2) is 10.9 Å². The van der Waals surface area contributed by atoms with E-state index in [-0.39, 0.29) is 16.8 Å². The number of pyridine rings is 1. The van der Waals surface area contributed by atoms with Gasteiger partial charge in [0.05, 0.1) is 5.69 Å². The standard InChI is InChI=1S/C23H23N3O3S/c1-12-5-6-14(7-13(12)2)18-11-30-22(25-18)26-21(29)16-8-15-17(24-20(16)28)9-23(3,4)10-19(15)27/h5-8,11H,9-10H2,1-4H3,(H,24,28)(H,25,26,29). The number of thiazole rings is 1. The molecule has 0 saturated heterocycles. The Hall–Kier alpha value is -3.06. The van der Waals surface area contributed by atoms with Crippen molar-refractivity contribution in [3.05, 3.63) is 67.9 Å². The first kappa shape index (κ1) is 20.2. The number of fused-ring (bicyclic) bond motifs is 1. The number of nitrogens with one attached hydrogen (secondary N) is 2. The van der Waals surface area contributed by atoms with Gasteiger partial charge in [-0.3, -0.25) is 19.7 Å². The minimum absolute atomic E-state index is 0.0576. The van der Waals surface area contributed by atoms with Crippen molar-refractivity contribution in [3.8, 4) is 11.3 Å². The van der Waals surface area contributed by atoms with Crippen LogP contribution in [0.2, 0.25) is 0 Å². The maximum absolute atomic E-state index is 12.7. The first-order valence-electron chi connectivity index (χ1n) is 9.77. The molecule has 0 radical (unpaired) electrons. The molecule has 2 heterocycles. The third kappa shape index (κ3) is 3.85. The number of carbonyl (C=O) groups is 2. The Morgan fingerprint density at radius 1 is 1.13 bits per heavy atom. The number of aryl methyl sites for hydroxylation is 2. The molecule has 30 heavy (non-hydrogen) atoms. The Bertz CT molecular complexity index is 1240. The summed E-state index contributed by atoms with van der Waals surface area (Å²) in [7, 11) is 0. The van der Waals surface area contributed by atoms with E-state index in [1.807, 2.05) is 45.2 Å². The van der Waals surface area contributed by atoms with Crippen molar-refractivity contribution in [2.24, 2.45) is 5.41 Å². The van der Waals surface area contributed by atoms with Gasteiger partial charge in [-0.2, -0.15) is 0 Å². The Balaban J connectivity index is 1.59. The Morgan fingerprint density at radius 3 is 2.63 bits per heavy atom. The van der Waals surface area contributed by atoms with Crippen molar-refractivity contribution < 1.29 is 9.59 Å². The molecule has 7 heteroatoms. The number of amides is 1. The lowest BCUT2D eigenvalue weighted by Crippen LogP contribution is -2.32. The Kier molecular flexibility index (Phi) is 4.94. The number of hydrogen-bond donors (Lipinski definition) is 2. The van der Waals surface area contributed by atoms with Gasteiger partial charge in [0.25, 0.3) is 11.5 Å². The van der Waals surface area contributed by atoms with Crippen LogP contribution in [0.25, 0.3) is 11.3 Å². The molecule has 2 aromatic heterocycles. The van der Waals surface area contributed by atoms with Crippen LogP contribution in [0.1, 0.15) is 57.8 Å². The Labute approximate surface area is 178 Å². The molecular formula is C23H23N3O3S. The maximum Gasteiger partial charge on any atom is 0.263 e. The second-order valence-corrected chi connectivity index (χ2v) is 9.49. The van der Waals surface area contributed by atoms with E-state index >= 15 is 0 Å². The molecule has 0 bridgehead atoms. The van der Waals surface area contributed by atoms with E-state index in [1.165, 1.54) is 28.5 Å². The van der Waals surface area contributed by atoms with Gasteiger partial charge in [-0.15, -0.1) is 11.3 Å². The van der Waals surface area contributed by atoms with E-state index in [9.17, 15) is 14.4 Å². The van der Waals surface area contributed by atoms with Crippen LogP contribution >= 0.6 is 11.3 Å². The minimum atomic E-state index is -0.572. The van der Waals surface area contributed by atoms with Crippen LogP contribution in [-0.4, -0.2) is 21.7 Å². The highest BCUT2D eigenvalue weighted by atomic mass is 32.1. The summed E-state index contributed by atoms with van der Waals surface area (Å²) in [6.45, 7) is 8.07. The molecule has 1 aromatic carbocycles. The van der Waals surface area contributed by atoms with Gasteiger partial charge in [0, 0.05) is 28.6 Å². The average molecular weight is 422 g/mol. The third-order valence-corrected chi connectivity index (χ3v) is 6.25. The number of aromatic amines is 1. The van der Waals surface area contributed by atoms with Gasteiger partial charge in [0.2, 0.25) is 0 Å². The molecular weight excluding hydrogens is 398 g/mol. The summed E-state index contributed by atoms with van der Waals surface area (Å²) in [5.74, 6) is -0.629. The zero-order valence-corrected chi connectivity index (χ0v) is 18.2. The van der Waals surface area contributed by atoms with Gasteiger partial charge < -0.3 is 4.98 Å². The van der Waals surface area contributed by atoms with Crippen LogP contribution in [0.3, 0.4) is 0 Å². The quantitative estimate of drug-likeness (QED) is 0.650. The molecule has 0 fully saturated rings. The van der Waals surface area contributed by atoms with Crippen molar-refractivity contribution in [2.75, 3.05) is 5.32 Å². The van der Waals surface area contributed by atoms with E-state index < -0.39 is 11.5 Å². The van der Waals surface area contributed by atoms with Crippen LogP contribution in [0.4, 0.5) is 5.13 Å². The summed E-state index contributed by atoms with van der Waals surface area (Å²) in [6, 6.07) is 7.49. The SMILES string of the molecule is Cc1ccc(-c2csc(NC(=O)c3cc4c([nH]c3=O)CC(C)(C)CC4=O)n2)cc1C. The molecule has 2 N–H and O–H groups in total. The van der Waals surface area contributed by atoms with Crippen molar-refractivity contribution >= 4 is 28.2 Å². The number of carbonyl (C=O) groups excluding carboxylic acids is 2. The van der Waals surface area contributed by atoms with Gasteiger partial charge in [-0.25, -0.2) is 4.98 Å². The number of benzene rings is 1. The molecule has 1 amide bonds. The van der Waals surface area contributed by atoms with Crippen molar-refractivity contribution in [1.82, 2.24) is 9.97 Å². The van der Waals surface area contributed by atoms with Crippen LogP contribution in [0.15, 0.2) is 34.4 Å². The third-order valence-electron chi connectivity index (χ3n) is 5.49. The van der Waals surface area contributed by atoms with Gasteiger partial charge in [0.1, 0.15) is 5.56 Å². The fourth-order valence-corrected chi connectivity index (χ4v) is 4.44. The lowest BCUT2D eigenvalue weighted by Gasteiger charge is -2.29. The second kappa shape index (κ2) is 7.32. The van der Waals surface area contributed by atoms with Gasteiger partial charge in [-0.05, 0) is 48.9 Å². The number of rotatable bonds is 3. The van der Waals surface area contributed by atoms with E-state index in [0.717, 1.165) is 11.3 Å². The first-order valence-corrected chi connectivity index (χ1v) is 10.6. The van der Waals surface area contributed by atoms with Crippen molar-refractivity contribution in [3.63, 3.8) is 0 Å². The zero-order valence-electron chi connectivity index (χ0n) is 17.4. The molecule has 0 atom stereocenters. The summed E-state index contributed by atoms with van der Waals surface area (Å²) >= 11 is 1.29. The summed E-state index contributed by atoms with van der Waals surface area (Å²) in [4.78, 5) is 44.9. The molecule has 154 valence electrons. The molecule has 3 aromatic rings. The molecule has 0 saturated carbocycles. The van der Waals surface area contributed by atoms with Crippen LogP contribution in [0, 0.1) is 19.3 Å². The normalized spacial score (nSPS) is 15.0. The summed E-state index contributed by atoms with van der Waals surface area (Å²) in [6.07, 6.45) is 0.982. The second-order valence-electron chi connectivity index (χ2n) is 8.64. The lowest BCUT2D eigenvalue weighted by atomic mass is 9.75. The number of anilines is 1. The van der Waals surface area contributed by atoms with Crippen LogP contribution in [-0.2, 0) is 6.42 Å². The largest absolute Gasteiger partial charge is 0.325 e. The fourth-order valence-electron chi connectivity index (χ4n) is 3.73. The number of H-pyrrole nitrogens is 1. The molecule has 6 nitrogen and oxygen atoms in total. The van der Waals surface area contributed by atoms with Crippen molar-refractivity contribution in [2.45, 2.75) is 40.5 Å². The molecule has 4 rings (SSSR count). The monoisotopic (exact) mass is 421 g/mol. The fraction of sp³-hybridized carbons (Fsp3) is 0.304. The minimum Gasteiger partial charge on any atom is -0.325 e. The predicted octanol–water partition coefficient (Wildman–Crippen LogP) is 4.52. The highest BCUT2D eigenvalue weighted by Gasteiger charge is 2.32. The number of Topliss-reactive ketones (excluding diaryl/α,β-unsaturated/α-hetero) is 1. The maximum atomic E-state index is 12.7. The summed E-state index contributed by atoms with van der Waals surface area (Å²) in [5, 5.41) is 4.95. The summed E-state index contributed by atoms with van der Waals surface area (Å²) in [5.41, 5.74) is 4.34. The van der Waals surface area contributed by atoms with E-state index in [1.54, 1.807) is 0 Å². The molecule has 1 aliphatic rings. The smallest absolute Gasteiger partial charge is 0.263 e. The van der Waals surface area contributed by atoms with Crippen LogP contribution in [0.5, 0.6) is 0 Å². The number of ketones is 1. The van der Waals surface area contributed by atoms with Crippen LogP contribution < -0.4 is 10.9 Å². The summed E-state index contributed by atoms with van der Waals surface area (Å²) < 4.78 is 0. The predicted molar refractivity (Wildman–Crippen MR) is 118 cm³/mol. The zero-order chi connectivity index (χ0) is 21.6.